The Labute approximate surface area is 172 Å². The first-order valence-electron chi connectivity index (χ1n) is 9.06. The third-order valence-electron chi connectivity index (χ3n) is 4.12. The van der Waals surface area contributed by atoms with Crippen molar-refractivity contribution in [3.63, 3.8) is 0 Å². The zero-order valence-corrected chi connectivity index (χ0v) is 16.1. The van der Waals surface area contributed by atoms with Crippen molar-refractivity contribution in [1.82, 2.24) is 4.98 Å². The molecular formula is C22H19N3O5. The van der Waals surface area contributed by atoms with E-state index in [4.69, 9.17) is 4.74 Å². The number of carbonyl (C=O) groups excluding carboxylic acids is 4. The average Bonchev–Trinajstić information content (AvgIpc) is 3.24. The van der Waals surface area contributed by atoms with Crippen LogP contribution in [-0.4, -0.2) is 35.2 Å². The van der Waals surface area contributed by atoms with Crippen LogP contribution in [0.25, 0.3) is 0 Å². The Morgan fingerprint density at radius 2 is 1.63 bits per heavy atom. The quantitative estimate of drug-likeness (QED) is 0.412. The summed E-state index contributed by atoms with van der Waals surface area (Å²) in [6, 6.07) is 16.8. The summed E-state index contributed by atoms with van der Waals surface area (Å²) in [6.07, 6.45) is 1.39. The Morgan fingerprint density at radius 1 is 0.933 bits per heavy atom. The van der Waals surface area contributed by atoms with Crippen molar-refractivity contribution in [3.05, 3.63) is 83.7 Å². The maximum Gasteiger partial charge on any atom is 0.355 e. The summed E-state index contributed by atoms with van der Waals surface area (Å²) in [4.78, 5) is 50.7. The molecule has 0 radical (unpaired) electrons. The lowest BCUT2D eigenvalue weighted by Crippen LogP contribution is -2.23. The summed E-state index contributed by atoms with van der Waals surface area (Å²) in [7, 11) is 0. The molecule has 0 atom stereocenters. The zero-order valence-electron chi connectivity index (χ0n) is 16.1. The van der Waals surface area contributed by atoms with Crippen LogP contribution in [0.15, 0.2) is 66.9 Å². The third-order valence-corrected chi connectivity index (χ3v) is 4.12. The SMILES string of the molecule is CC(=O)c1c[nH]c(C(=O)OCC(=O)Nc2ccccc2C(=O)Nc2ccccc2)c1. The maximum absolute atomic E-state index is 12.5. The number of H-pyrrole nitrogens is 1. The smallest absolute Gasteiger partial charge is 0.355 e. The van der Waals surface area contributed by atoms with Gasteiger partial charge in [-0.3, -0.25) is 14.4 Å². The van der Waals surface area contributed by atoms with Gasteiger partial charge in [-0.05, 0) is 37.3 Å². The van der Waals surface area contributed by atoms with E-state index in [9.17, 15) is 19.2 Å². The number of hydrogen-bond donors (Lipinski definition) is 3. The van der Waals surface area contributed by atoms with Crippen molar-refractivity contribution < 1.29 is 23.9 Å². The van der Waals surface area contributed by atoms with Crippen LogP contribution in [-0.2, 0) is 9.53 Å². The number of anilines is 2. The van der Waals surface area contributed by atoms with Gasteiger partial charge in [0.25, 0.3) is 11.8 Å². The number of esters is 1. The normalized spacial score (nSPS) is 10.2. The van der Waals surface area contributed by atoms with Crippen LogP contribution < -0.4 is 10.6 Å². The van der Waals surface area contributed by atoms with Crippen molar-refractivity contribution in [2.24, 2.45) is 0 Å². The maximum atomic E-state index is 12.5. The Kier molecular flexibility index (Phi) is 6.39. The number of aromatic nitrogens is 1. The van der Waals surface area contributed by atoms with Crippen molar-refractivity contribution in [3.8, 4) is 0 Å². The number of Topliss-reactive ketones (excluding diaryl/α,β-unsaturated/α-hetero) is 1. The molecule has 1 aromatic heterocycles. The number of ether oxygens (including phenoxy) is 1. The number of benzene rings is 2. The molecule has 2 aromatic carbocycles. The van der Waals surface area contributed by atoms with Gasteiger partial charge in [0.2, 0.25) is 0 Å². The molecule has 0 fully saturated rings. The molecule has 8 heteroatoms. The molecule has 3 aromatic rings. The minimum absolute atomic E-state index is 0.0654. The average molecular weight is 405 g/mol. The van der Waals surface area contributed by atoms with E-state index in [1.165, 1.54) is 19.2 Å². The van der Waals surface area contributed by atoms with Crippen LogP contribution in [0.2, 0.25) is 0 Å². The van der Waals surface area contributed by atoms with Gasteiger partial charge in [0, 0.05) is 17.4 Å². The summed E-state index contributed by atoms with van der Waals surface area (Å²) in [6.45, 7) is 0.818. The standard InChI is InChI=1S/C22H19N3O5/c1-14(26)15-11-19(23-12-15)22(29)30-13-20(27)25-18-10-6-5-9-17(18)21(28)24-16-7-3-2-4-8-16/h2-12,23H,13H2,1H3,(H,24,28)(H,25,27). The number of amides is 2. The van der Waals surface area contributed by atoms with Crippen LogP contribution in [0, 0.1) is 0 Å². The lowest BCUT2D eigenvalue weighted by atomic mass is 10.1. The van der Waals surface area contributed by atoms with Crippen molar-refractivity contribution in [2.45, 2.75) is 6.92 Å². The lowest BCUT2D eigenvalue weighted by molar-refractivity contribution is -0.119. The highest BCUT2D eigenvalue weighted by atomic mass is 16.5. The second-order valence-electron chi connectivity index (χ2n) is 6.35. The number of para-hydroxylation sites is 2. The molecule has 0 saturated heterocycles. The Hall–Kier alpha value is -4.20. The fourth-order valence-corrected chi connectivity index (χ4v) is 2.62. The number of ketones is 1. The van der Waals surface area contributed by atoms with E-state index in [1.807, 2.05) is 6.07 Å². The molecule has 0 bridgehead atoms. The first kappa shape index (κ1) is 20.5. The van der Waals surface area contributed by atoms with E-state index >= 15 is 0 Å². The minimum atomic E-state index is -0.771. The third kappa shape index (κ3) is 5.20. The van der Waals surface area contributed by atoms with Crippen molar-refractivity contribution >= 4 is 34.9 Å². The molecule has 0 aliphatic carbocycles. The van der Waals surface area contributed by atoms with Gasteiger partial charge in [-0.2, -0.15) is 0 Å². The van der Waals surface area contributed by atoms with Crippen molar-refractivity contribution in [2.75, 3.05) is 17.2 Å². The minimum Gasteiger partial charge on any atom is -0.451 e. The van der Waals surface area contributed by atoms with E-state index in [2.05, 4.69) is 15.6 Å². The molecule has 0 saturated carbocycles. The van der Waals surface area contributed by atoms with E-state index in [-0.39, 0.29) is 22.7 Å². The number of aromatic amines is 1. The topological polar surface area (TPSA) is 117 Å². The number of nitrogens with one attached hydrogen (secondary N) is 3. The predicted molar refractivity (Wildman–Crippen MR) is 111 cm³/mol. The molecule has 30 heavy (non-hydrogen) atoms. The van der Waals surface area contributed by atoms with Gasteiger partial charge in [0.05, 0.1) is 11.3 Å². The van der Waals surface area contributed by atoms with Crippen molar-refractivity contribution in [1.29, 1.82) is 0 Å². The molecule has 2 amide bonds. The Morgan fingerprint density at radius 3 is 2.33 bits per heavy atom. The van der Waals surface area contributed by atoms with Gasteiger partial charge in [0.1, 0.15) is 5.69 Å². The molecular weight excluding hydrogens is 386 g/mol. The summed E-state index contributed by atoms with van der Waals surface area (Å²) in [5.74, 6) is -1.97. The largest absolute Gasteiger partial charge is 0.451 e. The molecule has 3 N–H and O–H groups in total. The summed E-state index contributed by atoms with van der Waals surface area (Å²) < 4.78 is 4.96. The van der Waals surface area contributed by atoms with Crippen LogP contribution in [0.1, 0.15) is 38.1 Å². The molecule has 0 aliphatic heterocycles. The monoisotopic (exact) mass is 405 g/mol. The Bertz CT molecular complexity index is 1090. The zero-order chi connectivity index (χ0) is 21.5. The van der Waals surface area contributed by atoms with Gasteiger partial charge in [-0.25, -0.2) is 4.79 Å². The highest BCUT2D eigenvalue weighted by Crippen LogP contribution is 2.17. The van der Waals surface area contributed by atoms with E-state index in [1.54, 1.807) is 48.5 Å². The second kappa shape index (κ2) is 9.33. The first-order chi connectivity index (χ1) is 14.4. The van der Waals surface area contributed by atoms with Gasteiger partial charge < -0.3 is 20.4 Å². The highest BCUT2D eigenvalue weighted by Gasteiger charge is 2.16. The predicted octanol–water partition coefficient (Wildman–Crippen LogP) is 3.27. The number of hydrogen-bond acceptors (Lipinski definition) is 5. The molecule has 3 rings (SSSR count). The van der Waals surface area contributed by atoms with Crippen LogP contribution >= 0.6 is 0 Å². The molecule has 0 unspecified atom stereocenters. The number of carbonyl (C=O) groups is 4. The van der Waals surface area contributed by atoms with E-state index in [0.29, 0.717) is 11.3 Å². The molecule has 1 heterocycles. The van der Waals surface area contributed by atoms with E-state index in [0.717, 1.165) is 0 Å². The fraction of sp³-hybridized carbons (Fsp3) is 0.0909. The van der Waals surface area contributed by atoms with Gasteiger partial charge in [-0.15, -0.1) is 0 Å². The number of rotatable bonds is 7. The van der Waals surface area contributed by atoms with Gasteiger partial charge >= 0.3 is 5.97 Å². The summed E-state index contributed by atoms with van der Waals surface area (Å²) in [5.41, 5.74) is 1.57. The molecule has 8 nitrogen and oxygen atoms in total. The Balaban J connectivity index is 1.60. The molecule has 0 spiro atoms. The van der Waals surface area contributed by atoms with Gasteiger partial charge in [0.15, 0.2) is 12.4 Å². The highest BCUT2D eigenvalue weighted by molar-refractivity contribution is 6.10. The molecule has 0 aliphatic rings. The molecule has 152 valence electrons. The fourth-order valence-electron chi connectivity index (χ4n) is 2.62. The first-order valence-corrected chi connectivity index (χ1v) is 9.06. The second-order valence-corrected chi connectivity index (χ2v) is 6.35. The summed E-state index contributed by atoms with van der Waals surface area (Å²) in [5, 5.41) is 5.31. The summed E-state index contributed by atoms with van der Waals surface area (Å²) >= 11 is 0. The van der Waals surface area contributed by atoms with Crippen LogP contribution in [0.5, 0.6) is 0 Å². The lowest BCUT2D eigenvalue weighted by Gasteiger charge is -2.11. The van der Waals surface area contributed by atoms with Crippen LogP contribution in [0.3, 0.4) is 0 Å². The van der Waals surface area contributed by atoms with Gasteiger partial charge in [-0.1, -0.05) is 30.3 Å². The van der Waals surface area contributed by atoms with Crippen LogP contribution in [0.4, 0.5) is 11.4 Å². The van der Waals surface area contributed by atoms with E-state index < -0.39 is 24.4 Å².